The van der Waals surface area contributed by atoms with Gasteiger partial charge in [0.2, 0.25) is 0 Å². The molecule has 2 aliphatic rings. The average molecular weight is 224 g/mol. The van der Waals surface area contributed by atoms with Crippen LogP contribution in [0, 0.1) is 22.7 Å². The summed E-state index contributed by atoms with van der Waals surface area (Å²) in [6, 6.07) is 0. The number of Topliss-reactive ketones (excluding diaryl/α,β-unsaturated/α-hetero) is 1. The SMILES string of the molecule is COC(=O)C[C@H]1C(=O)[C@]2(C)CC[C@@H]1C2(C)C. The summed E-state index contributed by atoms with van der Waals surface area (Å²) >= 11 is 0. The van der Waals surface area contributed by atoms with Gasteiger partial charge >= 0.3 is 5.97 Å². The first-order chi connectivity index (χ1) is 7.34. The highest BCUT2D eigenvalue weighted by Crippen LogP contribution is 2.66. The van der Waals surface area contributed by atoms with E-state index in [2.05, 4.69) is 25.5 Å². The summed E-state index contributed by atoms with van der Waals surface area (Å²) in [6.07, 6.45) is 2.30. The fraction of sp³-hybridized carbons (Fsp3) is 0.846. The second-order valence-electron chi connectivity index (χ2n) is 5.95. The van der Waals surface area contributed by atoms with Crippen molar-refractivity contribution in [3.63, 3.8) is 0 Å². The molecule has 3 heteroatoms. The fourth-order valence-electron chi connectivity index (χ4n) is 3.77. The molecule has 3 atom stereocenters. The Morgan fingerprint density at radius 1 is 1.44 bits per heavy atom. The van der Waals surface area contributed by atoms with Gasteiger partial charge in [0.1, 0.15) is 5.78 Å². The normalized spacial score (nSPS) is 40.1. The van der Waals surface area contributed by atoms with E-state index in [0.717, 1.165) is 12.8 Å². The molecule has 0 aliphatic heterocycles. The fourth-order valence-corrected chi connectivity index (χ4v) is 3.77. The minimum absolute atomic E-state index is 0.0305. The standard InChI is InChI=1S/C13H20O3/c1-12(2)9-5-6-13(12,3)11(15)8(9)7-10(14)16-4/h8-9H,5-7H2,1-4H3/t8-,9+,13+/m1/s1. The third-order valence-electron chi connectivity index (χ3n) is 5.28. The van der Waals surface area contributed by atoms with Gasteiger partial charge in [0, 0.05) is 11.3 Å². The van der Waals surface area contributed by atoms with Crippen molar-refractivity contribution in [1.82, 2.24) is 0 Å². The van der Waals surface area contributed by atoms with E-state index in [9.17, 15) is 9.59 Å². The molecular weight excluding hydrogens is 204 g/mol. The monoisotopic (exact) mass is 224 g/mol. The van der Waals surface area contributed by atoms with Crippen LogP contribution in [-0.2, 0) is 14.3 Å². The lowest BCUT2D eigenvalue weighted by atomic mass is 9.70. The van der Waals surface area contributed by atoms with Crippen molar-refractivity contribution in [2.45, 2.75) is 40.0 Å². The maximum absolute atomic E-state index is 12.3. The lowest BCUT2D eigenvalue weighted by Crippen LogP contribution is -2.33. The van der Waals surface area contributed by atoms with Crippen LogP contribution >= 0.6 is 0 Å². The van der Waals surface area contributed by atoms with Gasteiger partial charge in [-0.3, -0.25) is 9.59 Å². The molecule has 16 heavy (non-hydrogen) atoms. The number of ketones is 1. The minimum Gasteiger partial charge on any atom is -0.469 e. The first-order valence-corrected chi connectivity index (χ1v) is 5.95. The molecule has 0 saturated heterocycles. The molecule has 0 heterocycles. The number of esters is 1. The van der Waals surface area contributed by atoms with E-state index < -0.39 is 0 Å². The number of methoxy groups -OCH3 is 1. The quantitative estimate of drug-likeness (QED) is 0.675. The Balaban J connectivity index is 2.26. The van der Waals surface area contributed by atoms with E-state index in [1.165, 1.54) is 7.11 Å². The summed E-state index contributed by atoms with van der Waals surface area (Å²) in [7, 11) is 1.38. The molecule has 2 saturated carbocycles. The van der Waals surface area contributed by atoms with Crippen molar-refractivity contribution in [2.75, 3.05) is 7.11 Å². The van der Waals surface area contributed by atoms with Gasteiger partial charge in [0.15, 0.2) is 0 Å². The molecule has 0 aromatic rings. The van der Waals surface area contributed by atoms with E-state index in [1.807, 2.05) is 0 Å². The average Bonchev–Trinajstić information content (AvgIpc) is 2.53. The predicted molar refractivity (Wildman–Crippen MR) is 59.7 cm³/mol. The van der Waals surface area contributed by atoms with Gasteiger partial charge < -0.3 is 4.74 Å². The predicted octanol–water partition coefficient (Wildman–Crippen LogP) is 2.19. The zero-order valence-corrected chi connectivity index (χ0v) is 10.5. The Labute approximate surface area is 96.5 Å². The molecule has 0 aromatic heterocycles. The van der Waals surface area contributed by atoms with Gasteiger partial charge in [-0.15, -0.1) is 0 Å². The zero-order valence-electron chi connectivity index (χ0n) is 10.5. The number of hydrogen-bond acceptors (Lipinski definition) is 3. The highest BCUT2D eigenvalue weighted by molar-refractivity contribution is 5.94. The van der Waals surface area contributed by atoms with Crippen LogP contribution in [0.1, 0.15) is 40.0 Å². The van der Waals surface area contributed by atoms with Crippen molar-refractivity contribution in [3.8, 4) is 0 Å². The first-order valence-electron chi connectivity index (χ1n) is 5.95. The molecule has 2 rings (SSSR count). The van der Waals surface area contributed by atoms with Crippen molar-refractivity contribution < 1.29 is 14.3 Å². The van der Waals surface area contributed by atoms with E-state index in [4.69, 9.17) is 0 Å². The third kappa shape index (κ3) is 1.20. The molecule has 2 fully saturated rings. The largest absolute Gasteiger partial charge is 0.469 e. The van der Waals surface area contributed by atoms with Crippen LogP contribution in [-0.4, -0.2) is 18.9 Å². The molecular formula is C13H20O3. The van der Waals surface area contributed by atoms with E-state index in [-0.39, 0.29) is 34.9 Å². The van der Waals surface area contributed by atoms with Crippen LogP contribution in [0.25, 0.3) is 0 Å². The summed E-state index contributed by atoms with van der Waals surface area (Å²) in [5, 5.41) is 0. The number of fused-ring (bicyclic) bond motifs is 2. The third-order valence-corrected chi connectivity index (χ3v) is 5.28. The number of ether oxygens (including phenoxy) is 1. The number of carbonyl (C=O) groups excluding carboxylic acids is 2. The Hall–Kier alpha value is -0.860. The smallest absolute Gasteiger partial charge is 0.306 e. The van der Waals surface area contributed by atoms with Crippen LogP contribution in [0.2, 0.25) is 0 Å². The Bertz CT molecular complexity index is 345. The van der Waals surface area contributed by atoms with Gasteiger partial charge in [-0.05, 0) is 24.2 Å². The molecule has 0 aromatic carbocycles. The minimum atomic E-state index is -0.259. The summed E-state index contributed by atoms with van der Waals surface area (Å²) < 4.78 is 4.68. The number of carbonyl (C=O) groups is 2. The van der Waals surface area contributed by atoms with Crippen LogP contribution in [0.5, 0.6) is 0 Å². The van der Waals surface area contributed by atoms with Crippen LogP contribution < -0.4 is 0 Å². The van der Waals surface area contributed by atoms with Crippen LogP contribution in [0.3, 0.4) is 0 Å². The summed E-state index contributed by atoms with van der Waals surface area (Å²) in [4.78, 5) is 23.7. The molecule has 0 amide bonds. The lowest BCUT2D eigenvalue weighted by molar-refractivity contribution is -0.145. The van der Waals surface area contributed by atoms with Crippen molar-refractivity contribution in [3.05, 3.63) is 0 Å². The molecule has 2 aliphatic carbocycles. The number of rotatable bonds is 2. The van der Waals surface area contributed by atoms with E-state index in [1.54, 1.807) is 0 Å². The van der Waals surface area contributed by atoms with Gasteiger partial charge in [-0.25, -0.2) is 0 Å². The van der Waals surface area contributed by atoms with E-state index >= 15 is 0 Å². The van der Waals surface area contributed by atoms with Crippen LogP contribution in [0.4, 0.5) is 0 Å². The Morgan fingerprint density at radius 2 is 2.06 bits per heavy atom. The lowest BCUT2D eigenvalue weighted by Gasteiger charge is -2.32. The molecule has 0 spiro atoms. The van der Waals surface area contributed by atoms with Gasteiger partial charge in [-0.1, -0.05) is 20.8 Å². The number of hydrogen-bond donors (Lipinski definition) is 0. The van der Waals surface area contributed by atoms with Crippen LogP contribution in [0.15, 0.2) is 0 Å². The molecule has 0 unspecified atom stereocenters. The zero-order chi connectivity index (χ0) is 12.1. The summed E-state index contributed by atoms with van der Waals surface area (Å²) in [6.45, 7) is 6.40. The Morgan fingerprint density at radius 3 is 2.50 bits per heavy atom. The van der Waals surface area contributed by atoms with Gasteiger partial charge in [0.25, 0.3) is 0 Å². The molecule has 0 radical (unpaired) electrons. The highest BCUT2D eigenvalue weighted by atomic mass is 16.5. The second-order valence-corrected chi connectivity index (χ2v) is 5.95. The van der Waals surface area contributed by atoms with Crippen molar-refractivity contribution in [2.24, 2.45) is 22.7 Å². The van der Waals surface area contributed by atoms with Crippen molar-refractivity contribution in [1.29, 1.82) is 0 Å². The maximum Gasteiger partial charge on any atom is 0.306 e. The first kappa shape index (κ1) is 11.6. The van der Waals surface area contributed by atoms with E-state index in [0.29, 0.717) is 5.92 Å². The maximum atomic E-state index is 12.3. The molecule has 2 bridgehead atoms. The van der Waals surface area contributed by atoms with Gasteiger partial charge in [0.05, 0.1) is 13.5 Å². The topological polar surface area (TPSA) is 43.4 Å². The second kappa shape index (κ2) is 3.31. The highest BCUT2D eigenvalue weighted by Gasteiger charge is 2.66. The van der Waals surface area contributed by atoms with Gasteiger partial charge in [-0.2, -0.15) is 0 Å². The summed E-state index contributed by atoms with van der Waals surface area (Å²) in [5.74, 6) is 0.259. The Kier molecular flexibility index (Phi) is 2.41. The molecule has 90 valence electrons. The molecule has 0 N–H and O–H groups in total. The van der Waals surface area contributed by atoms with Crippen molar-refractivity contribution >= 4 is 11.8 Å². The molecule has 3 nitrogen and oxygen atoms in total. The summed E-state index contributed by atoms with van der Waals surface area (Å²) in [5.41, 5.74) is -0.195.